The van der Waals surface area contributed by atoms with Crippen LogP contribution in [0.4, 0.5) is 0 Å². The van der Waals surface area contributed by atoms with Gasteiger partial charge < -0.3 is 24.7 Å². The van der Waals surface area contributed by atoms with Crippen molar-refractivity contribution >= 4 is 0 Å². The molecule has 0 atom stereocenters. The Balaban J connectivity index is 2.90. The van der Waals surface area contributed by atoms with E-state index in [1.807, 2.05) is 0 Å². The highest BCUT2D eigenvalue weighted by molar-refractivity contribution is 4.42. The normalized spacial score (nSPS) is 11.3. The second-order valence-corrected chi connectivity index (χ2v) is 4.42. The second-order valence-electron chi connectivity index (χ2n) is 4.42. The van der Waals surface area contributed by atoms with Gasteiger partial charge in [-0.25, -0.2) is 0 Å². The van der Waals surface area contributed by atoms with E-state index in [4.69, 9.17) is 24.7 Å². The Hall–Kier alpha value is -0.200. The fourth-order valence-corrected chi connectivity index (χ4v) is 1.16. The summed E-state index contributed by atoms with van der Waals surface area (Å²) in [5.41, 5.74) is 5.28. The summed E-state index contributed by atoms with van der Waals surface area (Å²) in [7, 11) is 0. The van der Waals surface area contributed by atoms with Gasteiger partial charge in [-0.05, 0) is 12.3 Å². The van der Waals surface area contributed by atoms with Crippen LogP contribution in [-0.4, -0.2) is 59.4 Å². The van der Waals surface area contributed by atoms with E-state index in [0.29, 0.717) is 58.7 Å². The average molecular weight is 263 g/mol. The standard InChI is InChI=1S/C13H29NO4/c1-13(2)3-5-15-7-9-17-11-12-18-10-8-16-6-4-14/h13H,3-12,14H2,1-2H3. The Morgan fingerprint density at radius 2 is 1.06 bits per heavy atom. The van der Waals surface area contributed by atoms with Gasteiger partial charge in [0.2, 0.25) is 0 Å². The maximum Gasteiger partial charge on any atom is 0.0701 e. The summed E-state index contributed by atoms with van der Waals surface area (Å²) in [5.74, 6) is 0.695. The topological polar surface area (TPSA) is 62.9 Å². The van der Waals surface area contributed by atoms with E-state index in [-0.39, 0.29) is 0 Å². The molecule has 0 unspecified atom stereocenters. The summed E-state index contributed by atoms with van der Waals surface area (Å²) >= 11 is 0. The van der Waals surface area contributed by atoms with E-state index in [2.05, 4.69) is 13.8 Å². The third-order valence-corrected chi connectivity index (χ3v) is 2.22. The van der Waals surface area contributed by atoms with Crippen LogP contribution in [0.15, 0.2) is 0 Å². The molecule has 5 heteroatoms. The lowest BCUT2D eigenvalue weighted by Crippen LogP contribution is -2.14. The van der Waals surface area contributed by atoms with Crippen molar-refractivity contribution in [1.82, 2.24) is 0 Å². The van der Waals surface area contributed by atoms with Gasteiger partial charge in [0.15, 0.2) is 0 Å². The lowest BCUT2D eigenvalue weighted by Gasteiger charge is -2.08. The van der Waals surface area contributed by atoms with Crippen molar-refractivity contribution in [2.75, 3.05) is 59.4 Å². The van der Waals surface area contributed by atoms with Gasteiger partial charge in [-0.15, -0.1) is 0 Å². The zero-order valence-electron chi connectivity index (χ0n) is 11.9. The maximum absolute atomic E-state index is 5.42. The van der Waals surface area contributed by atoms with Gasteiger partial charge in [-0.1, -0.05) is 13.8 Å². The van der Waals surface area contributed by atoms with Gasteiger partial charge in [-0.3, -0.25) is 0 Å². The number of ether oxygens (including phenoxy) is 4. The van der Waals surface area contributed by atoms with E-state index >= 15 is 0 Å². The number of rotatable bonds is 14. The predicted octanol–water partition coefficient (Wildman–Crippen LogP) is 1.06. The Bertz CT molecular complexity index is 156. The fourth-order valence-electron chi connectivity index (χ4n) is 1.16. The molecule has 0 spiro atoms. The van der Waals surface area contributed by atoms with Crippen LogP contribution in [0.25, 0.3) is 0 Å². The number of nitrogens with two attached hydrogens (primary N) is 1. The summed E-state index contributed by atoms with van der Waals surface area (Å²) in [5, 5.41) is 0. The Morgan fingerprint density at radius 3 is 1.44 bits per heavy atom. The average Bonchev–Trinajstić information content (AvgIpc) is 2.34. The van der Waals surface area contributed by atoms with Crippen LogP contribution in [0.1, 0.15) is 20.3 Å². The molecular weight excluding hydrogens is 234 g/mol. The van der Waals surface area contributed by atoms with Gasteiger partial charge in [-0.2, -0.15) is 0 Å². The van der Waals surface area contributed by atoms with Crippen molar-refractivity contribution in [3.05, 3.63) is 0 Å². The first-order valence-electron chi connectivity index (χ1n) is 6.78. The highest BCUT2D eigenvalue weighted by Gasteiger charge is 1.94. The summed E-state index contributed by atoms with van der Waals surface area (Å²) in [6.45, 7) is 10.0. The molecule has 0 bridgehead atoms. The van der Waals surface area contributed by atoms with E-state index in [1.165, 1.54) is 0 Å². The molecule has 0 fully saturated rings. The number of hydrogen-bond acceptors (Lipinski definition) is 5. The van der Waals surface area contributed by atoms with Crippen molar-refractivity contribution in [1.29, 1.82) is 0 Å². The molecule has 2 N–H and O–H groups in total. The smallest absolute Gasteiger partial charge is 0.0701 e. The molecule has 0 saturated carbocycles. The first kappa shape index (κ1) is 17.8. The van der Waals surface area contributed by atoms with Crippen LogP contribution in [0.2, 0.25) is 0 Å². The zero-order valence-corrected chi connectivity index (χ0v) is 11.9. The molecule has 0 radical (unpaired) electrons. The van der Waals surface area contributed by atoms with Gasteiger partial charge >= 0.3 is 0 Å². The Labute approximate surface area is 111 Å². The summed E-state index contributed by atoms with van der Waals surface area (Å²) < 4.78 is 21.2. The van der Waals surface area contributed by atoms with Crippen LogP contribution >= 0.6 is 0 Å². The van der Waals surface area contributed by atoms with Crippen LogP contribution in [0, 0.1) is 5.92 Å². The molecule has 0 aliphatic rings. The van der Waals surface area contributed by atoms with Gasteiger partial charge in [0, 0.05) is 13.2 Å². The monoisotopic (exact) mass is 263 g/mol. The fraction of sp³-hybridized carbons (Fsp3) is 1.00. The van der Waals surface area contributed by atoms with Crippen molar-refractivity contribution in [3.63, 3.8) is 0 Å². The van der Waals surface area contributed by atoms with E-state index < -0.39 is 0 Å². The predicted molar refractivity (Wildman–Crippen MR) is 71.8 cm³/mol. The molecule has 18 heavy (non-hydrogen) atoms. The first-order chi connectivity index (χ1) is 8.77. The first-order valence-corrected chi connectivity index (χ1v) is 6.78. The molecule has 0 heterocycles. The van der Waals surface area contributed by atoms with Crippen LogP contribution in [-0.2, 0) is 18.9 Å². The molecule has 0 amide bonds. The lowest BCUT2D eigenvalue weighted by molar-refractivity contribution is -0.00194. The lowest BCUT2D eigenvalue weighted by atomic mass is 10.1. The summed E-state index contributed by atoms with van der Waals surface area (Å²) in [6, 6.07) is 0. The zero-order chi connectivity index (χ0) is 13.5. The quantitative estimate of drug-likeness (QED) is 0.475. The minimum Gasteiger partial charge on any atom is -0.379 e. The van der Waals surface area contributed by atoms with Crippen LogP contribution in [0.5, 0.6) is 0 Å². The largest absolute Gasteiger partial charge is 0.379 e. The van der Waals surface area contributed by atoms with E-state index in [0.717, 1.165) is 13.0 Å². The third kappa shape index (κ3) is 15.8. The van der Waals surface area contributed by atoms with Crippen molar-refractivity contribution in [2.24, 2.45) is 11.7 Å². The molecule has 0 aliphatic heterocycles. The van der Waals surface area contributed by atoms with Crippen molar-refractivity contribution in [2.45, 2.75) is 20.3 Å². The summed E-state index contributed by atoms with van der Waals surface area (Å²) in [4.78, 5) is 0. The molecule has 0 aromatic heterocycles. The molecule has 5 nitrogen and oxygen atoms in total. The molecule has 0 aromatic carbocycles. The molecule has 0 aliphatic carbocycles. The van der Waals surface area contributed by atoms with Crippen LogP contribution in [0.3, 0.4) is 0 Å². The van der Waals surface area contributed by atoms with Gasteiger partial charge in [0.25, 0.3) is 0 Å². The minimum absolute atomic E-state index is 0.555. The van der Waals surface area contributed by atoms with Gasteiger partial charge in [0.05, 0.1) is 46.2 Å². The highest BCUT2D eigenvalue weighted by atomic mass is 16.6. The maximum atomic E-state index is 5.42. The SMILES string of the molecule is CC(C)CCOCCOCCOCCOCCN. The van der Waals surface area contributed by atoms with E-state index in [1.54, 1.807) is 0 Å². The van der Waals surface area contributed by atoms with Crippen molar-refractivity contribution in [3.8, 4) is 0 Å². The molecule has 0 rings (SSSR count). The molecule has 0 saturated heterocycles. The minimum atomic E-state index is 0.555. The van der Waals surface area contributed by atoms with Crippen LogP contribution < -0.4 is 5.73 Å². The Kier molecular flexibility index (Phi) is 14.7. The van der Waals surface area contributed by atoms with Gasteiger partial charge in [0.1, 0.15) is 0 Å². The Morgan fingerprint density at radius 1 is 0.667 bits per heavy atom. The van der Waals surface area contributed by atoms with E-state index in [9.17, 15) is 0 Å². The molecule has 0 aromatic rings. The summed E-state index contributed by atoms with van der Waals surface area (Å²) in [6.07, 6.45) is 1.10. The molecule has 110 valence electrons. The molecular formula is C13H29NO4. The highest BCUT2D eigenvalue weighted by Crippen LogP contribution is 1.98. The number of hydrogen-bond donors (Lipinski definition) is 1. The second kappa shape index (κ2) is 14.9. The van der Waals surface area contributed by atoms with Crippen molar-refractivity contribution < 1.29 is 18.9 Å². The third-order valence-electron chi connectivity index (χ3n) is 2.22.